The fourth-order valence-electron chi connectivity index (χ4n) is 2.60. The van der Waals surface area contributed by atoms with Gasteiger partial charge in [-0.15, -0.1) is 0 Å². The van der Waals surface area contributed by atoms with Crippen LogP contribution in [0.2, 0.25) is 0 Å². The minimum absolute atomic E-state index is 0.00218. The number of carbonyl (C=O) groups is 3. The van der Waals surface area contributed by atoms with Crippen LogP contribution in [-0.2, 0) is 30.3 Å². The fourth-order valence-corrected chi connectivity index (χ4v) is 2.60. The molecule has 0 atom stereocenters. The van der Waals surface area contributed by atoms with E-state index in [0.29, 0.717) is 16.5 Å². The average Bonchev–Trinajstić information content (AvgIpc) is 2.64. The van der Waals surface area contributed by atoms with Gasteiger partial charge in [-0.25, -0.2) is 9.59 Å². The van der Waals surface area contributed by atoms with Gasteiger partial charge < -0.3 is 19.9 Å². The molecule has 1 aromatic heterocycles. The average molecular weight is 374 g/mol. The molecule has 1 aromatic carbocycles. The first-order valence-corrected chi connectivity index (χ1v) is 8.54. The molecule has 144 valence electrons. The summed E-state index contributed by atoms with van der Waals surface area (Å²) >= 11 is 0. The molecule has 0 bridgehead atoms. The van der Waals surface area contributed by atoms with E-state index in [4.69, 9.17) is 9.47 Å². The number of rotatable bonds is 7. The van der Waals surface area contributed by atoms with E-state index in [9.17, 15) is 19.5 Å². The van der Waals surface area contributed by atoms with Gasteiger partial charge in [0.05, 0.1) is 19.6 Å². The summed E-state index contributed by atoms with van der Waals surface area (Å²) in [5, 5.41) is 12.9. The van der Waals surface area contributed by atoms with E-state index in [0.717, 1.165) is 0 Å². The van der Waals surface area contributed by atoms with E-state index < -0.39 is 23.4 Å². The lowest BCUT2D eigenvalue weighted by Crippen LogP contribution is -2.59. The van der Waals surface area contributed by atoms with E-state index in [-0.39, 0.29) is 25.4 Å². The quantitative estimate of drug-likeness (QED) is 0.557. The largest absolute Gasteiger partial charge is 0.506 e. The maximum atomic E-state index is 12.6. The third-order valence-electron chi connectivity index (χ3n) is 3.95. The number of hydrogen-bond donors (Lipinski definition) is 2. The number of benzene rings is 1. The Morgan fingerprint density at radius 2 is 1.74 bits per heavy atom. The van der Waals surface area contributed by atoms with Crippen molar-refractivity contribution >= 4 is 28.7 Å². The van der Waals surface area contributed by atoms with Crippen molar-refractivity contribution in [2.75, 3.05) is 13.2 Å². The second kappa shape index (κ2) is 8.48. The highest BCUT2D eigenvalue weighted by atomic mass is 16.6. The van der Waals surface area contributed by atoms with E-state index in [2.05, 4.69) is 10.3 Å². The lowest BCUT2D eigenvalue weighted by Gasteiger charge is -2.26. The molecule has 0 saturated carbocycles. The predicted molar refractivity (Wildman–Crippen MR) is 96.9 cm³/mol. The van der Waals surface area contributed by atoms with Crippen molar-refractivity contribution in [2.24, 2.45) is 0 Å². The van der Waals surface area contributed by atoms with Crippen molar-refractivity contribution < 1.29 is 29.0 Å². The van der Waals surface area contributed by atoms with Gasteiger partial charge >= 0.3 is 11.9 Å². The Labute approximate surface area is 156 Å². The zero-order valence-corrected chi connectivity index (χ0v) is 15.4. The van der Waals surface area contributed by atoms with Gasteiger partial charge in [0.2, 0.25) is 11.4 Å². The van der Waals surface area contributed by atoms with Gasteiger partial charge in [-0.05, 0) is 38.5 Å². The summed E-state index contributed by atoms with van der Waals surface area (Å²) in [6.07, 6.45) is 1.40. The number of amides is 1. The van der Waals surface area contributed by atoms with Crippen LogP contribution in [0, 0.1) is 0 Å². The second-order valence-electron chi connectivity index (χ2n) is 5.93. The molecule has 0 spiro atoms. The first kappa shape index (κ1) is 20.2. The van der Waals surface area contributed by atoms with Crippen molar-refractivity contribution in [1.29, 1.82) is 0 Å². The maximum Gasteiger partial charge on any atom is 0.343 e. The molecule has 8 heteroatoms. The molecule has 0 fully saturated rings. The number of fused-ring (bicyclic) bond motifs is 1. The minimum atomic E-state index is -1.95. The van der Waals surface area contributed by atoms with Crippen LogP contribution < -0.4 is 5.32 Å². The second-order valence-corrected chi connectivity index (χ2v) is 5.93. The minimum Gasteiger partial charge on any atom is -0.506 e. The normalized spacial score (nSPS) is 11.1. The van der Waals surface area contributed by atoms with Crippen LogP contribution in [0.1, 0.15) is 26.3 Å². The number of phenols is 1. The Bertz CT molecular complexity index is 846. The topological polar surface area (TPSA) is 115 Å². The Balaban J connectivity index is 2.27. The molecule has 2 aromatic rings. The van der Waals surface area contributed by atoms with Crippen LogP contribution >= 0.6 is 0 Å². The number of carbonyl (C=O) groups excluding carboxylic acids is 3. The molecule has 0 aliphatic rings. The first-order chi connectivity index (χ1) is 12.8. The van der Waals surface area contributed by atoms with E-state index in [1.165, 1.54) is 19.2 Å². The standard InChI is InChI=1S/C19H22N2O6/c1-4-26-17(24)19(3,18(25)27-5-2)21-15(23)11-12-8-9-14(22)16-13(12)7-6-10-20-16/h6-10,22H,4-5,11H2,1-3H3,(H,21,23). The van der Waals surface area contributed by atoms with Gasteiger partial charge in [0.1, 0.15) is 11.3 Å². The summed E-state index contributed by atoms with van der Waals surface area (Å²) < 4.78 is 9.83. The van der Waals surface area contributed by atoms with Gasteiger partial charge in [-0.2, -0.15) is 0 Å². The van der Waals surface area contributed by atoms with E-state index >= 15 is 0 Å². The Morgan fingerprint density at radius 3 is 2.33 bits per heavy atom. The fraction of sp³-hybridized carbons (Fsp3) is 0.368. The van der Waals surface area contributed by atoms with Crippen molar-refractivity contribution in [3.8, 4) is 5.75 Å². The van der Waals surface area contributed by atoms with Gasteiger partial charge in [0.15, 0.2) is 0 Å². The summed E-state index contributed by atoms with van der Waals surface area (Å²) in [4.78, 5) is 41.2. The molecular weight excluding hydrogens is 352 g/mol. The van der Waals surface area contributed by atoms with Gasteiger partial charge in [-0.3, -0.25) is 9.78 Å². The molecular formula is C19H22N2O6. The Morgan fingerprint density at radius 1 is 1.11 bits per heavy atom. The van der Waals surface area contributed by atoms with Crippen LogP contribution in [0.15, 0.2) is 30.5 Å². The summed E-state index contributed by atoms with van der Waals surface area (Å²) in [6.45, 7) is 4.55. The highest BCUT2D eigenvalue weighted by Gasteiger charge is 2.45. The Hall–Kier alpha value is -3.16. The van der Waals surface area contributed by atoms with Crippen LogP contribution in [0.25, 0.3) is 10.9 Å². The highest BCUT2D eigenvalue weighted by Crippen LogP contribution is 2.26. The van der Waals surface area contributed by atoms with Crippen molar-refractivity contribution in [3.05, 3.63) is 36.0 Å². The number of aromatic hydroxyl groups is 1. The molecule has 0 unspecified atom stereocenters. The third-order valence-corrected chi connectivity index (χ3v) is 3.95. The molecule has 1 amide bonds. The van der Waals surface area contributed by atoms with Crippen molar-refractivity contribution in [3.63, 3.8) is 0 Å². The summed E-state index contributed by atoms with van der Waals surface area (Å²) in [7, 11) is 0. The molecule has 2 N–H and O–H groups in total. The summed E-state index contributed by atoms with van der Waals surface area (Å²) in [6, 6.07) is 6.43. The van der Waals surface area contributed by atoms with Crippen molar-refractivity contribution in [2.45, 2.75) is 32.7 Å². The van der Waals surface area contributed by atoms with E-state index in [1.807, 2.05) is 0 Å². The number of esters is 2. The van der Waals surface area contributed by atoms with Gasteiger partial charge in [-0.1, -0.05) is 12.1 Å². The molecule has 0 aliphatic heterocycles. The molecule has 2 rings (SSSR count). The van der Waals surface area contributed by atoms with Gasteiger partial charge in [0.25, 0.3) is 0 Å². The molecule has 8 nitrogen and oxygen atoms in total. The molecule has 1 heterocycles. The maximum absolute atomic E-state index is 12.6. The predicted octanol–water partition coefficient (Wildman–Crippen LogP) is 1.48. The zero-order valence-electron chi connectivity index (χ0n) is 15.4. The highest BCUT2D eigenvalue weighted by molar-refractivity contribution is 6.07. The molecule has 0 radical (unpaired) electrons. The zero-order chi connectivity index (χ0) is 20.0. The summed E-state index contributed by atoms with van der Waals surface area (Å²) in [5.74, 6) is -2.37. The monoisotopic (exact) mass is 374 g/mol. The number of hydrogen-bond acceptors (Lipinski definition) is 7. The van der Waals surface area contributed by atoms with Crippen molar-refractivity contribution in [1.82, 2.24) is 10.3 Å². The molecule has 0 saturated heterocycles. The third kappa shape index (κ3) is 4.33. The number of nitrogens with one attached hydrogen (secondary N) is 1. The smallest absolute Gasteiger partial charge is 0.343 e. The van der Waals surface area contributed by atoms with Crippen LogP contribution in [0.4, 0.5) is 0 Å². The summed E-state index contributed by atoms with van der Waals surface area (Å²) in [5.41, 5.74) is -1.00. The molecule has 27 heavy (non-hydrogen) atoms. The number of nitrogens with zero attached hydrogens (tertiary/aromatic N) is 1. The number of aromatic nitrogens is 1. The van der Waals surface area contributed by atoms with E-state index in [1.54, 1.807) is 32.0 Å². The first-order valence-electron chi connectivity index (χ1n) is 8.54. The van der Waals surface area contributed by atoms with Gasteiger partial charge in [0, 0.05) is 11.6 Å². The van der Waals surface area contributed by atoms with Crippen LogP contribution in [0.5, 0.6) is 5.75 Å². The lowest BCUT2D eigenvalue weighted by molar-refractivity contribution is -0.166. The molecule has 0 aliphatic carbocycles. The Kier molecular flexibility index (Phi) is 6.33. The van der Waals surface area contributed by atoms with Crippen LogP contribution in [0.3, 0.4) is 0 Å². The lowest BCUT2D eigenvalue weighted by atomic mass is 10.0. The number of ether oxygens (including phenoxy) is 2. The van der Waals surface area contributed by atoms with Crippen LogP contribution in [-0.4, -0.2) is 46.7 Å². The number of pyridine rings is 1. The SMILES string of the molecule is CCOC(=O)C(C)(NC(=O)Cc1ccc(O)c2ncccc12)C(=O)OCC. The number of phenolic OH excluding ortho intramolecular Hbond substituents is 1.